The second kappa shape index (κ2) is 6.01. The second-order valence-corrected chi connectivity index (χ2v) is 5.16. The van der Waals surface area contributed by atoms with E-state index >= 15 is 0 Å². The van der Waals surface area contributed by atoms with Crippen LogP contribution in [0.4, 0.5) is 5.69 Å². The van der Waals surface area contributed by atoms with Crippen LogP contribution in [0.3, 0.4) is 0 Å². The molecule has 104 valence electrons. The molecule has 2 aromatic rings. The molecule has 0 fully saturated rings. The van der Waals surface area contributed by atoms with Gasteiger partial charge in [0.25, 0.3) is 0 Å². The van der Waals surface area contributed by atoms with Crippen LogP contribution in [-0.4, -0.2) is 22.6 Å². The lowest BCUT2D eigenvalue weighted by Crippen LogP contribution is -2.37. The molecule has 1 aliphatic rings. The molecule has 2 heterocycles. The fraction of sp³-hybridized carbons (Fsp3) is 0.375. The highest BCUT2D eigenvalue weighted by Gasteiger charge is 2.20. The highest BCUT2D eigenvalue weighted by molar-refractivity contribution is 5.54. The van der Waals surface area contributed by atoms with Crippen molar-refractivity contribution in [2.75, 3.05) is 11.4 Å². The van der Waals surface area contributed by atoms with E-state index in [1.807, 2.05) is 18.5 Å². The van der Waals surface area contributed by atoms with Crippen LogP contribution in [0.15, 0.2) is 42.7 Å². The Hall–Kier alpha value is -1.94. The molecule has 1 aromatic carbocycles. The molecule has 20 heavy (non-hydrogen) atoms. The Morgan fingerprint density at radius 3 is 2.80 bits per heavy atom. The Morgan fingerprint density at radius 1 is 1.20 bits per heavy atom. The van der Waals surface area contributed by atoms with E-state index in [0.717, 1.165) is 31.9 Å². The van der Waals surface area contributed by atoms with Gasteiger partial charge in [0.1, 0.15) is 5.82 Å². The molecule has 1 unspecified atom stereocenters. The topological polar surface area (TPSA) is 41.1 Å². The van der Waals surface area contributed by atoms with E-state index in [2.05, 4.69) is 51.4 Å². The quantitative estimate of drug-likeness (QED) is 0.928. The fourth-order valence-corrected chi connectivity index (χ4v) is 2.66. The van der Waals surface area contributed by atoms with Crippen molar-refractivity contribution >= 4 is 5.69 Å². The monoisotopic (exact) mass is 268 g/mol. The van der Waals surface area contributed by atoms with Crippen LogP contribution in [0.25, 0.3) is 0 Å². The molecule has 0 aliphatic carbocycles. The Bertz CT molecular complexity index is 555. The highest BCUT2D eigenvalue weighted by atomic mass is 15.2. The summed E-state index contributed by atoms with van der Waals surface area (Å²) in [6, 6.07) is 11.0. The maximum Gasteiger partial charge on any atom is 0.147 e. The Labute approximate surface area is 119 Å². The van der Waals surface area contributed by atoms with Crippen molar-refractivity contribution in [1.82, 2.24) is 15.3 Å². The molecule has 0 bridgehead atoms. The van der Waals surface area contributed by atoms with E-state index in [9.17, 15) is 0 Å². The molecule has 0 saturated heterocycles. The number of para-hydroxylation sites is 1. The lowest BCUT2D eigenvalue weighted by Gasteiger charge is -2.26. The van der Waals surface area contributed by atoms with Crippen molar-refractivity contribution in [1.29, 1.82) is 0 Å². The van der Waals surface area contributed by atoms with Gasteiger partial charge < -0.3 is 10.2 Å². The summed E-state index contributed by atoms with van der Waals surface area (Å²) in [5, 5.41) is 3.62. The molecule has 1 aliphatic heterocycles. The zero-order valence-corrected chi connectivity index (χ0v) is 11.8. The van der Waals surface area contributed by atoms with Crippen LogP contribution in [0.1, 0.15) is 24.7 Å². The molecule has 4 heteroatoms. The fourth-order valence-electron chi connectivity index (χ4n) is 2.66. The summed E-state index contributed by atoms with van der Waals surface area (Å²) in [6.45, 7) is 4.91. The summed E-state index contributed by atoms with van der Waals surface area (Å²) < 4.78 is 0. The molecule has 0 radical (unpaired) electrons. The first-order valence-corrected chi connectivity index (χ1v) is 7.19. The van der Waals surface area contributed by atoms with Crippen LogP contribution < -0.4 is 10.2 Å². The van der Waals surface area contributed by atoms with E-state index in [0.29, 0.717) is 6.04 Å². The van der Waals surface area contributed by atoms with Gasteiger partial charge in [0.2, 0.25) is 0 Å². The average Bonchev–Trinajstić information content (AvgIpc) is 2.68. The van der Waals surface area contributed by atoms with Crippen molar-refractivity contribution < 1.29 is 0 Å². The number of anilines is 1. The van der Waals surface area contributed by atoms with Crippen molar-refractivity contribution in [3.05, 3.63) is 54.1 Å². The number of nitrogens with one attached hydrogen (secondary N) is 1. The summed E-state index contributed by atoms with van der Waals surface area (Å²) in [5.41, 5.74) is 2.64. The number of hydrogen-bond acceptors (Lipinski definition) is 4. The maximum atomic E-state index is 4.35. The van der Waals surface area contributed by atoms with Gasteiger partial charge in [-0.25, -0.2) is 9.97 Å². The average molecular weight is 268 g/mol. The van der Waals surface area contributed by atoms with Crippen LogP contribution in [0.5, 0.6) is 0 Å². The third kappa shape index (κ3) is 2.80. The van der Waals surface area contributed by atoms with Crippen molar-refractivity contribution in [2.24, 2.45) is 0 Å². The third-order valence-electron chi connectivity index (χ3n) is 3.80. The van der Waals surface area contributed by atoms with Gasteiger partial charge >= 0.3 is 0 Å². The molecule has 1 atom stereocenters. The minimum atomic E-state index is 0.506. The first-order valence-electron chi connectivity index (χ1n) is 7.19. The number of nitrogens with zero attached hydrogens (tertiary/aromatic N) is 3. The predicted molar refractivity (Wildman–Crippen MR) is 80.4 cm³/mol. The standard InChI is InChI=1S/C16H20N4/c1-2-14-11-20(12-16-17-8-5-9-18-16)15-7-4-3-6-13(15)10-19-14/h3-9,14,19H,2,10-12H2,1H3. The lowest BCUT2D eigenvalue weighted by molar-refractivity contribution is 0.500. The molecular formula is C16H20N4. The maximum absolute atomic E-state index is 4.35. The first kappa shape index (κ1) is 13.1. The van der Waals surface area contributed by atoms with Crippen LogP contribution >= 0.6 is 0 Å². The Balaban J connectivity index is 1.89. The zero-order valence-electron chi connectivity index (χ0n) is 11.8. The summed E-state index contributed by atoms with van der Waals surface area (Å²) in [4.78, 5) is 11.1. The van der Waals surface area contributed by atoms with E-state index in [1.54, 1.807) is 0 Å². The van der Waals surface area contributed by atoms with Gasteiger partial charge in [-0.1, -0.05) is 25.1 Å². The highest BCUT2D eigenvalue weighted by Crippen LogP contribution is 2.24. The van der Waals surface area contributed by atoms with Gasteiger partial charge in [0.05, 0.1) is 6.54 Å². The van der Waals surface area contributed by atoms with Gasteiger partial charge in [0.15, 0.2) is 0 Å². The largest absolute Gasteiger partial charge is 0.362 e. The summed E-state index contributed by atoms with van der Waals surface area (Å²) in [5.74, 6) is 0.874. The van der Waals surface area contributed by atoms with Crippen LogP contribution in [-0.2, 0) is 13.1 Å². The minimum Gasteiger partial charge on any atom is -0.362 e. The Morgan fingerprint density at radius 2 is 2.00 bits per heavy atom. The Kier molecular flexibility index (Phi) is 3.92. The third-order valence-corrected chi connectivity index (χ3v) is 3.80. The predicted octanol–water partition coefficient (Wildman–Crippen LogP) is 2.37. The van der Waals surface area contributed by atoms with Crippen LogP contribution in [0, 0.1) is 0 Å². The SMILES string of the molecule is CCC1CN(Cc2ncccn2)c2ccccc2CN1. The molecule has 0 spiro atoms. The minimum absolute atomic E-state index is 0.506. The molecule has 1 aromatic heterocycles. The molecular weight excluding hydrogens is 248 g/mol. The first-order chi connectivity index (χ1) is 9.86. The second-order valence-electron chi connectivity index (χ2n) is 5.16. The van der Waals surface area contributed by atoms with Crippen molar-refractivity contribution in [3.8, 4) is 0 Å². The summed E-state index contributed by atoms with van der Waals surface area (Å²) in [7, 11) is 0. The molecule has 0 saturated carbocycles. The van der Waals surface area contributed by atoms with E-state index in [-0.39, 0.29) is 0 Å². The van der Waals surface area contributed by atoms with Gasteiger partial charge in [-0.3, -0.25) is 0 Å². The van der Waals surface area contributed by atoms with Gasteiger partial charge in [-0.15, -0.1) is 0 Å². The van der Waals surface area contributed by atoms with Gasteiger partial charge in [0, 0.05) is 37.2 Å². The van der Waals surface area contributed by atoms with E-state index < -0.39 is 0 Å². The smallest absolute Gasteiger partial charge is 0.147 e. The van der Waals surface area contributed by atoms with Gasteiger partial charge in [-0.2, -0.15) is 0 Å². The van der Waals surface area contributed by atoms with Crippen LogP contribution in [0.2, 0.25) is 0 Å². The van der Waals surface area contributed by atoms with Crippen molar-refractivity contribution in [2.45, 2.75) is 32.5 Å². The number of hydrogen-bond donors (Lipinski definition) is 1. The summed E-state index contributed by atoms with van der Waals surface area (Å²) in [6.07, 6.45) is 4.74. The number of rotatable bonds is 3. The lowest BCUT2D eigenvalue weighted by atomic mass is 10.1. The molecule has 1 N–H and O–H groups in total. The molecule has 0 amide bonds. The molecule has 4 nitrogen and oxygen atoms in total. The zero-order chi connectivity index (χ0) is 13.8. The van der Waals surface area contributed by atoms with Gasteiger partial charge in [-0.05, 0) is 24.1 Å². The van der Waals surface area contributed by atoms with E-state index in [4.69, 9.17) is 0 Å². The number of aromatic nitrogens is 2. The number of fused-ring (bicyclic) bond motifs is 1. The van der Waals surface area contributed by atoms with Crippen molar-refractivity contribution in [3.63, 3.8) is 0 Å². The molecule has 3 rings (SSSR count). The summed E-state index contributed by atoms with van der Waals surface area (Å²) >= 11 is 0. The normalized spacial score (nSPS) is 18.4. The van der Waals surface area contributed by atoms with E-state index in [1.165, 1.54) is 11.3 Å². The number of benzene rings is 1.